The van der Waals surface area contributed by atoms with Gasteiger partial charge in [0, 0.05) is 16.5 Å². The van der Waals surface area contributed by atoms with Crippen LogP contribution in [0.25, 0.3) is 16.6 Å². The van der Waals surface area contributed by atoms with Crippen LogP contribution in [0.4, 0.5) is 26.3 Å². The second kappa shape index (κ2) is 6.53. The maximum Gasteiger partial charge on any atom is 0.416 e. The maximum absolute atomic E-state index is 12.9. The Morgan fingerprint density at radius 1 is 0.923 bits per heavy atom. The summed E-state index contributed by atoms with van der Waals surface area (Å²) in [7, 11) is 0. The Bertz CT molecular complexity index is 943. The molecular weight excluding hydrogens is 378 g/mol. The summed E-state index contributed by atoms with van der Waals surface area (Å²) in [6.45, 7) is 1.80. The molecule has 1 heterocycles. The van der Waals surface area contributed by atoms with E-state index in [0.717, 1.165) is 24.3 Å². The molecule has 0 saturated carbocycles. The number of rotatable bonds is 3. The fourth-order valence-electron chi connectivity index (χ4n) is 2.47. The summed E-state index contributed by atoms with van der Waals surface area (Å²) in [6, 6.07) is 6.39. The first-order valence-electron chi connectivity index (χ1n) is 7.50. The molecule has 0 bridgehead atoms. The van der Waals surface area contributed by atoms with E-state index in [4.69, 9.17) is 0 Å². The molecule has 0 N–H and O–H groups in total. The van der Waals surface area contributed by atoms with Gasteiger partial charge in [-0.2, -0.15) is 31.4 Å². The van der Waals surface area contributed by atoms with Crippen molar-refractivity contribution in [3.8, 4) is 5.69 Å². The van der Waals surface area contributed by atoms with E-state index >= 15 is 0 Å². The molecule has 26 heavy (non-hydrogen) atoms. The minimum atomic E-state index is -4.49. The molecule has 0 aliphatic heterocycles. The monoisotopic (exact) mass is 390 g/mol. The average Bonchev–Trinajstić information content (AvgIpc) is 2.96. The van der Waals surface area contributed by atoms with E-state index in [1.165, 1.54) is 34.8 Å². The predicted molar refractivity (Wildman–Crippen MR) is 87.5 cm³/mol. The van der Waals surface area contributed by atoms with Crippen LogP contribution in [0, 0.1) is 0 Å². The van der Waals surface area contributed by atoms with Gasteiger partial charge in [0.25, 0.3) is 0 Å². The Hall–Kier alpha value is -2.16. The molecule has 0 spiro atoms. The molecule has 0 atom stereocenters. The number of halogens is 6. The van der Waals surface area contributed by atoms with Gasteiger partial charge in [0.1, 0.15) is 0 Å². The number of alkyl halides is 6. The molecule has 2 aromatic carbocycles. The van der Waals surface area contributed by atoms with Crippen LogP contribution in [0.5, 0.6) is 0 Å². The molecule has 3 rings (SSSR count). The molecule has 0 saturated heterocycles. The van der Waals surface area contributed by atoms with E-state index in [2.05, 4.69) is 5.10 Å². The topological polar surface area (TPSA) is 17.8 Å². The highest BCUT2D eigenvalue weighted by Crippen LogP contribution is 2.36. The van der Waals surface area contributed by atoms with Gasteiger partial charge >= 0.3 is 12.4 Å². The van der Waals surface area contributed by atoms with E-state index in [0.29, 0.717) is 21.7 Å². The normalized spacial score (nSPS) is 12.7. The van der Waals surface area contributed by atoms with Gasteiger partial charge in [-0.05, 0) is 36.1 Å². The van der Waals surface area contributed by atoms with Crippen LogP contribution >= 0.6 is 11.8 Å². The van der Waals surface area contributed by atoms with Gasteiger partial charge in [0.05, 0.1) is 22.3 Å². The minimum Gasteiger partial charge on any atom is -0.239 e. The summed E-state index contributed by atoms with van der Waals surface area (Å²) in [5.74, 6) is 0.535. The van der Waals surface area contributed by atoms with Crippen LogP contribution in [0.3, 0.4) is 0 Å². The number of thioether (sulfide) groups is 1. The molecule has 0 amide bonds. The van der Waals surface area contributed by atoms with E-state index in [9.17, 15) is 26.3 Å². The molecule has 138 valence electrons. The third kappa shape index (κ3) is 3.67. The van der Waals surface area contributed by atoms with Crippen LogP contribution in [-0.2, 0) is 12.4 Å². The molecule has 2 nitrogen and oxygen atoms in total. The third-order valence-electron chi connectivity index (χ3n) is 3.67. The Morgan fingerprint density at radius 3 is 2.15 bits per heavy atom. The smallest absolute Gasteiger partial charge is 0.239 e. The van der Waals surface area contributed by atoms with Crippen molar-refractivity contribution in [1.82, 2.24) is 9.78 Å². The van der Waals surface area contributed by atoms with E-state index in [-0.39, 0.29) is 5.52 Å². The second-order valence-corrected chi connectivity index (χ2v) is 6.76. The van der Waals surface area contributed by atoms with Crippen molar-refractivity contribution in [1.29, 1.82) is 0 Å². The van der Waals surface area contributed by atoms with Crippen LogP contribution in [0.1, 0.15) is 18.1 Å². The zero-order chi connectivity index (χ0) is 19.1. The number of aromatic nitrogens is 2. The fraction of sp³-hybridized carbons (Fsp3) is 0.235. The summed E-state index contributed by atoms with van der Waals surface area (Å²) in [4.78, 5) is 0.353. The largest absolute Gasteiger partial charge is 0.416 e. The van der Waals surface area contributed by atoms with Crippen molar-refractivity contribution in [3.63, 3.8) is 0 Å². The zero-order valence-corrected chi connectivity index (χ0v) is 14.1. The lowest BCUT2D eigenvalue weighted by atomic mass is 10.1. The lowest BCUT2D eigenvalue weighted by Crippen LogP contribution is -2.06. The van der Waals surface area contributed by atoms with Gasteiger partial charge < -0.3 is 0 Å². The van der Waals surface area contributed by atoms with Crippen LogP contribution in [-0.4, -0.2) is 15.5 Å². The minimum absolute atomic E-state index is 0.118. The highest BCUT2D eigenvalue weighted by atomic mass is 32.2. The number of fused-ring (bicyclic) bond motifs is 1. The molecular formula is C17H12F6N2S. The Morgan fingerprint density at radius 2 is 1.54 bits per heavy atom. The van der Waals surface area contributed by atoms with E-state index in [1.807, 2.05) is 0 Å². The highest BCUT2D eigenvalue weighted by Gasteiger charge is 2.32. The van der Waals surface area contributed by atoms with Gasteiger partial charge in [0.15, 0.2) is 0 Å². The van der Waals surface area contributed by atoms with Crippen molar-refractivity contribution in [2.24, 2.45) is 0 Å². The third-order valence-corrected chi connectivity index (χ3v) is 4.60. The van der Waals surface area contributed by atoms with Crippen molar-refractivity contribution in [2.45, 2.75) is 24.2 Å². The fourth-order valence-corrected chi connectivity index (χ4v) is 3.30. The number of nitrogens with zero attached hydrogens (tertiary/aromatic N) is 2. The highest BCUT2D eigenvalue weighted by molar-refractivity contribution is 7.99. The zero-order valence-electron chi connectivity index (χ0n) is 13.3. The first-order valence-corrected chi connectivity index (χ1v) is 8.49. The molecule has 0 unspecified atom stereocenters. The molecule has 3 aromatic rings. The summed E-state index contributed by atoms with van der Waals surface area (Å²) < 4.78 is 78.6. The molecule has 0 aliphatic carbocycles. The van der Waals surface area contributed by atoms with Crippen molar-refractivity contribution in [3.05, 3.63) is 53.7 Å². The number of hydrogen-bond donors (Lipinski definition) is 0. The summed E-state index contributed by atoms with van der Waals surface area (Å²) in [5, 5.41) is 4.58. The summed E-state index contributed by atoms with van der Waals surface area (Å²) in [5.41, 5.74) is -1.11. The molecule has 0 aliphatic rings. The Kier molecular flexibility index (Phi) is 4.68. The maximum atomic E-state index is 12.9. The standard InChI is InChI=1S/C17H12F6N2S/c1-2-26-15-8-12(17(21,22)23)5-6-14(15)25-9-10-3-4-11(16(18,19)20)7-13(10)24-25/h3-9H,2H2,1H3. The average molecular weight is 390 g/mol. The quantitative estimate of drug-likeness (QED) is 0.393. The molecule has 9 heteroatoms. The molecule has 0 fully saturated rings. The van der Waals surface area contributed by atoms with Crippen molar-refractivity contribution in [2.75, 3.05) is 5.75 Å². The van der Waals surface area contributed by atoms with Crippen molar-refractivity contribution < 1.29 is 26.3 Å². The lowest BCUT2D eigenvalue weighted by molar-refractivity contribution is -0.138. The lowest BCUT2D eigenvalue weighted by Gasteiger charge is -2.12. The molecule has 1 aromatic heterocycles. The van der Waals surface area contributed by atoms with Crippen LogP contribution in [0.15, 0.2) is 47.5 Å². The molecule has 0 radical (unpaired) electrons. The Labute approximate surface area is 148 Å². The van der Waals surface area contributed by atoms with Gasteiger partial charge in [-0.25, -0.2) is 4.68 Å². The van der Waals surface area contributed by atoms with Crippen molar-refractivity contribution >= 4 is 22.7 Å². The van der Waals surface area contributed by atoms with Crippen LogP contribution < -0.4 is 0 Å². The second-order valence-electron chi connectivity index (χ2n) is 5.46. The van der Waals surface area contributed by atoms with Gasteiger partial charge in [-0.15, -0.1) is 11.8 Å². The first kappa shape index (κ1) is 18.6. The predicted octanol–water partition coefficient (Wildman–Crippen LogP) is 6.18. The number of benzene rings is 2. The summed E-state index contributed by atoms with van der Waals surface area (Å²) in [6.07, 6.45) is -7.47. The van der Waals surface area contributed by atoms with Crippen LogP contribution in [0.2, 0.25) is 0 Å². The van der Waals surface area contributed by atoms with Gasteiger partial charge in [-0.1, -0.05) is 13.0 Å². The Balaban J connectivity index is 2.10. The van der Waals surface area contributed by atoms with E-state index in [1.54, 1.807) is 6.92 Å². The summed E-state index contributed by atoms with van der Waals surface area (Å²) >= 11 is 1.20. The van der Waals surface area contributed by atoms with Gasteiger partial charge in [0.2, 0.25) is 0 Å². The first-order chi connectivity index (χ1) is 12.1. The SMILES string of the molecule is CCSc1cc(C(F)(F)F)ccc1-n1cc2ccc(C(F)(F)F)cc2n1. The number of hydrogen-bond acceptors (Lipinski definition) is 2. The van der Waals surface area contributed by atoms with E-state index < -0.39 is 23.5 Å². The van der Waals surface area contributed by atoms with Gasteiger partial charge in [-0.3, -0.25) is 0 Å².